The zero-order valence-corrected chi connectivity index (χ0v) is 32.8. The Morgan fingerprint density at radius 3 is 2.49 bits per heavy atom. The van der Waals surface area contributed by atoms with E-state index >= 15 is 0 Å². The number of fused-ring (bicyclic) bond motifs is 2. The van der Waals surface area contributed by atoms with Crippen molar-refractivity contribution < 1.29 is 28.6 Å². The van der Waals surface area contributed by atoms with Crippen LogP contribution in [-0.2, 0) is 30.6 Å². The molecule has 15 nitrogen and oxygen atoms in total. The molecule has 6 rings (SSSR count). The highest BCUT2D eigenvalue weighted by Crippen LogP contribution is 2.37. The summed E-state index contributed by atoms with van der Waals surface area (Å²) in [7, 11) is 5.64. The fourth-order valence-corrected chi connectivity index (χ4v) is 7.06. The first-order chi connectivity index (χ1) is 26.1. The minimum absolute atomic E-state index is 0.0734. The summed E-state index contributed by atoms with van der Waals surface area (Å²) >= 11 is 0. The molecule has 3 N–H and O–H groups in total. The van der Waals surface area contributed by atoms with Gasteiger partial charge in [0.15, 0.2) is 11.9 Å². The fraction of sp³-hybridized carbons (Fsp3) is 0.475. The predicted molar refractivity (Wildman–Crippen MR) is 206 cm³/mol. The molecule has 3 amide bonds. The van der Waals surface area contributed by atoms with Crippen molar-refractivity contribution in [1.29, 1.82) is 0 Å². The van der Waals surface area contributed by atoms with E-state index in [0.29, 0.717) is 60.9 Å². The van der Waals surface area contributed by atoms with Crippen molar-refractivity contribution in [3.05, 3.63) is 89.3 Å². The lowest BCUT2D eigenvalue weighted by atomic mass is 9.81. The van der Waals surface area contributed by atoms with Gasteiger partial charge in [-0.25, -0.2) is 14.8 Å². The van der Waals surface area contributed by atoms with Gasteiger partial charge in [-0.1, -0.05) is 58.9 Å². The number of nitrogens with zero attached hydrogens (tertiary/aromatic N) is 6. The van der Waals surface area contributed by atoms with Crippen molar-refractivity contribution in [3.63, 3.8) is 0 Å². The number of hydrogen-bond acceptors (Lipinski definition) is 11. The van der Waals surface area contributed by atoms with Crippen molar-refractivity contribution in [3.8, 4) is 5.75 Å². The topological polar surface area (TPSA) is 174 Å². The standard InChI is InChI=1S/C40H51N9O6/c1-37(2,3)30-21-31(43-33(42-30)34(51)41-23-39(48(6)7)17-19-54-20-18-39)44-36(52)45-40(24-50)16-15-29(27-11-9-10-12-28(27)40)55-26-13-14-32-46-47-35(49(32)22-26)38(4,5)25-53-8/h9-16,21-22,24,29H,17-20,23,25H2,1-8H3,(H,41,51)(H2,42,43,44,45,52)/t29-,40-/m1/s1. The average Bonchev–Trinajstić information content (AvgIpc) is 3.59. The van der Waals surface area contributed by atoms with Gasteiger partial charge >= 0.3 is 6.03 Å². The molecule has 1 aliphatic carbocycles. The number of aldehydes is 1. The molecule has 0 unspecified atom stereocenters. The predicted octanol–water partition coefficient (Wildman–Crippen LogP) is 4.49. The number of aromatic nitrogens is 5. The van der Waals surface area contributed by atoms with Gasteiger partial charge in [-0.2, -0.15) is 0 Å². The van der Waals surface area contributed by atoms with Gasteiger partial charge < -0.3 is 29.7 Å². The molecule has 1 fully saturated rings. The number of carbonyl (C=O) groups excluding carboxylic acids is 3. The van der Waals surface area contributed by atoms with E-state index in [1.807, 2.05) is 83.6 Å². The normalized spacial score (nSPS) is 19.5. The van der Waals surface area contributed by atoms with Crippen molar-refractivity contribution in [2.45, 2.75) is 75.5 Å². The number of methoxy groups -OCH3 is 1. The van der Waals surface area contributed by atoms with Crippen LogP contribution < -0.4 is 20.7 Å². The van der Waals surface area contributed by atoms with Crippen molar-refractivity contribution >= 4 is 29.7 Å². The van der Waals surface area contributed by atoms with Crippen LogP contribution >= 0.6 is 0 Å². The highest BCUT2D eigenvalue weighted by atomic mass is 16.5. The highest BCUT2D eigenvalue weighted by Gasteiger charge is 2.39. The quantitative estimate of drug-likeness (QED) is 0.137. The third kappa shape index (κ3) is 8.23. The molecule has 0 radical (unpaired) electrons. The van der Waals surface area contributed by atoms with Gasteiger partial charge in [0, 0.05) is 54.9 Å². The molecule has 4 heterocycles. The second kappa shape index (κ2) is 15.5. The van der Waals surface area contributed by atoms with Gasteiger partial charge in [0.2, 0.25) is 5.82 Å². The van der Waals surface area contributed by atoms with E-state index in [0.717, 1.165) is 18.7 Å². The van der Waals surface area contributed by atoms with Crippen molar-refractivity contribution in [1.82, 2.24) is 40.1 Å². The number of amides is 3. The number of rotatable bonds is 12. The SMILES string of the molecule is COCC(C)(C)c1nnc2ccc(O[C@@H]3C=C[C@](C=O)(NC(=O)Nc4cc(C(C)(C)C)nc(C(=O)NCC5(N(C)C)CCOCC5)n4)c4ccccc43)cn12. The molecule has 292 valence electrons. The first kappa shape index (κ1) is 39.4. The summed E-state index contributed by atoms with van der Waals surface area (Å²) in [4.78, 5) is 51.3. The Morgan fingerprint density at radius 1 is 1.05 bits per heavy atom. The van der Waals surface area contributed by atoms with E-state index in [1.54, 1.807) is 37.5 Å². The summed E-state index contributed by atoms with van der Waals surface area (Å²) in [6.07, 6.45) is 6.84. The van der Waals surface area contributed by atoms with Crippen molar-refractivity contribution in [2.24, 2.45) is 0 Å². The van der Waals surface area contributed by atoms with E-state index in [1.165, 1.54) is 0 Å². The molecular weight excluding hydrogens is 702 g/mol. The second-order valence-electron chi connectivity index (χ2n) is 16.1. The summed E-state index contributed by atoms with van der Waals surface area (Å²) in [6.45, 7) is 12.0. The van der Waals surface area contributed by atoms with Crippen molar-refractivity contribution in [2.75, 3.05) is 52.9 Å². The molecule has 1 aliphatic heterocycles. The van der Waals surface area contributed by atoms with Crippen LogP contribution in [0, 0.1) is 0 Å². The summed E-state index contributed by atoms with van der Waals surface area (Å²) in [6, 6.07) is 11.9. The summed E-state index contributed by atoms with van der Waals surface area (Å²) in [5.74, 6) is 0.862. The molecule has 2 atom stereocenters. The van der Waals surface area contributed by atoms with E-state index < -0.39 is 34.4 Å². The fourth-order valence-electron chi connectivity index (χ4n) is 7.06. The van der Waals surface area contributed by atoms with Gasteiger partial charge in [-0.3, -0.25) is 19.3 Å². The zero-order valence-electron chi connectivity index (χ0n) is 32.8. The number of urea groups is 1. The molecule has 3 aromatic heterocycles. The molecule has 4 aromatic rings. The van der Waals surface area contributed by atoms with Crippen LogP contribution in [-0.4, -0.2) is 101 Å². The lowest BCUT2D eigenvalue weighted by molar-refractivity contribution is -0.111. The number of anilines is 1. The summed E-state index contributed by atoms with van der Waals surface area (Å²) in [5, 5.41) is 17.3. The van der Waals surface area contributed by atoms with Crippen LogP contribution in [0.4, 0.5) is 10.6 Å². The van der Waals surface area contributed by atoms with Gasteiger partial charge in [0.05, 0.1) is 18.5 Å². The Bertz CT molecular complexity index is 2080. The first-order valence-corrected chi connectivity index (χ1v) is 18.4. The van der Waals surface area contributed by atoms with E-state index in [9.17, 15) is 14.4 Å². The number of benzene rings is 1. The number of carbonyl (C=O) groups is 3. The lowest BCUT2D eigenvalue weighted by Crippen LogP contribution is -2.55. The molecule has 1 saturated heterocycles. The third-order valence-corrected chi connectivity index (χ3v) is 10.4. The molecule has 55 heavy (non-hydrogen) atoms. The highest BCUT2D eigenvalue weighted by molar-refractivity contribution is 5.94. The van der Waals surface area contributed by atoms with Crippen LogP contribution in [0.5, 0.6) is 5.75 Å². The van der Waals surface area contributed by atoms with Crippen LogP contribution in [0.1, 0.15) is 86.8 Å². The first-order valence-electron chi connectivity index (χ1n) is 18.4. The van der Waals surface area contributed by atoms with E-state index in [-0.39, 0.29) is 17.2 Å². The van der Waals surface area contributed by atoms with Crippen LogP contribution in [0.3, 0.4) is 0 Å². The maximum absolute atomic E-state index is 13.7. The smallest absolute Gasteiger partial charge is 0.321 e. The molecular formula is C40H51N9O6. The maximum atomic E-state index is 13.7. The summed E-state index contributed by atoms with van der Waals surface area (Å²) < 4.78 is 19.4. The number of ether oxygens (including phenoxy) is 3. The minimum Gasteiger partial charge on any atom is -0.480 e. The average molecular weight is 754 g/mol. The lowest BCUT2D eigenvalue weighted by Gasteiger charge is -2.42. The Hall–Kier alpha value is -5.25. The van der Waals surface area contributed by atoms with Gasteiger partial charge in [-0.15, -0.1) is 10.2 Å². The Morgan fingerprint density at radius 2 is 1.80 bits per heavy atom. The molecule has 15 heteroatoms. The van der Waals surface area contributed by atoms with E-state index in [2.05, 4.69) is 41.0 Å². The monoisotopic (exact) mass is 753 g/mol. The Kier molecular flexibility index (Phi) is 11.1. The third-order valence-electron chi connectivity index (χ3n) is 10.4. The minimum atomic E-state index is -1.53. The van der Waals surface area contributed by atoms with Crippen LogP contribution in [0.15, 0.2) is 60.8 Å². The van der Waals surface area contributed by atoms with Gasteiger partial charge in [0.1, 0.15) is 29.0 Å². The molecule has 0 spiro atoms. The number of pyridine rings is 1. The largest absolute Gasteiger partial charge is 0.480 e. The Balaban J connectivity index is 1.22. The molecule has 0 saturated carbocycles. The molecule has 0 bridgehead atoms. The number of nitrogens with one attached hydrogen (secondary N) is 3. The van der Waals surface area contributed by atoms with Gasteiger partial charge in [0.25, 0.3) is 5.91 Å². The Labute approximate surface area is 321 Å². The van der Waals surface area contributed by atoms with E-state index in [4.69, 9.17) is 14.2 Å². The maximum Gasteiger partial charge on any atom is 0.321 e. The zero-order chi connectivity index (χ0) is 39.6. The van der Waals surface area contributed by atoms with Gasteiger partial charge in [-0.05, 0) is 56.8 Å². The number of hydrogen-bond donors (Lipinski definition) is 3. The molecule has 2 aliphatic rings. The van der Waals surface area contributed by atoms with Crippen LogP contribution in [0.2, 0.25) is 0 Å². The van der Waals surface area contributed by atoms with Crippen LogP contribution in [0.25, 0.3) is 5.65 Å². The molecule has 1 aromatic carbocycles. The number of likely N-dealkylation sites (N-methyl/N-ethyl adjacent to an activating group) is 1. The second-order valence-corrected chi connectivity index (χ2v) is 16.1. The summed E-state index contributed by atoms with van der Waals surface area (Å²) in [5.41, 5.74) is -0.208.